The molecule has 0 aliphatic heterocycles. The van der Waals surface area contributed by atoms with Gasteiger partial charge in [-0.2, -0.15) is 8.78 Å². The molecule has 0 spiro atoms. The van der Waals surface area contributed by atoms with Gasteiger partial charge in [-0.3, -0.25) is 9.80 Å². The number of rotatable bonds is 15. The monoisotopic (exact) mass is 526 g/mol. The van der Waals surface area contributed by atoms with Crippen LogP contribution in [0.3, 0.4) is 0 Å². The molecule has 0 radical (unpaired) electrons. The molecule has 0 heterocycles. The number of aliphatic hydroxyl groups is 1. The number of hydrazine groups is 1. The molecular formula is C24H29ClF2N4O3S. The van der Waals surface area contributed by atoms with Crippen molar-refractivity contribution >= 4 is 35.2 Å². The Morgan fingerprint density at radius 1 is 1.26 bits per heavy atom. The van der Waals surface area contributed by atoms with E-state index in [-0.39, 0.29) is 18.1 Å². The minimum Gasteiger partial charge on any atom is -0.433 e. The second-order valence-electron chi connectivity index (χ2n) is 7.48. The first-order valence-corrected chi connectivity index (χ1v) is 12.2. The van der Waals surface area contributed by atoms with Crippen molar-refractivity contribution < 1.29 is 23.4 Å². The number of aliphatic hydroxyl groups excluding tert-OH is 1. The average Bonchev–Trinajstić information content (AvgIpc) is 2.81. The van der Waals surface area contributed by atoms with Crippen LogP contribution in [-0.4, -0.2) is 48.3 Å². The van der Waals surface area contributed by atoms with E-state index in [4.69, 9.17) is 16.7 Å². The second-order valence-corrected chi connectivity index (χ2v) is 8.75. The lowest BCUT2D eigenvalue weighted by Gasteiger charge is -2.22. The van der Waals surface area contributed by atoms with Crippen LogP contribution in [0.4, 0.5) is 8.78 Å². The zero-order valence-corrected chi connectivity index (χ0v) is 21.1. The Hall–Kier alpha value is -2.66. The van der Waals surface area contributed by atoms with Crippen LogP contribution < -0.4 is 15.5 Å². The number of alkyl halides is 2. The van der Waals surface area contributed by atoms with Crippen molar-refractivity contribution in [3.63, 3.8) is 0 Å². The lowest BCUT2D eigenvalue weighted by molar-refractivity contribution is -0.158. The highest BCUT2D eigenvalue weighted by molar-refractivity contribution is 8.11. The molecule has 7 nitrogen and oxygen atoms in total. The SMILES string of the molecule is CN(NCCCO)C(/N=C/SCc1cccc(OC(C)(F)F)c1)=C(\C=O)NCc1ccc(Cl)cc1. The molecule has 0 amide bonds. The standard InChI is InChI=1S/C24H29ClF2N4O3S/c1-24(26,27)34-21-6-3-5-19(13-21)16-35-17-29-23(31(2)30-11-4-12-32)22(15-33)28-14-18-7-9-20(25)10-8-18/h3,5-10,13,15,17,28,30,32H,4,11-12,14,16H2,1-2H3/b23-22+,29-17+. The molecule has 0 saturated carbocycles. The van der Waals surface area contributed by atoms with Gasteiger partial charge in [0.1, 0.15) is 11.4 Å². The third-order valence-corrected chi connectivity index (χ3v) is 5.46. The van der Waals surface area contributed by atoms with Gasteiger partial charge < -0.3 is 15.2 Å². The summed E-state index contributed by atoms with van der Waals surface area (Å²) >= 11 is 7.26. The number of thioether (sulfide) groups is 1. The first-order chi connectivity index (χ1) is 16.7. The maximum absolute atomic E-state index is 13.1. The number of halogens is 3. The zero-order valence-electron chi connectivity index (χ0n) is 19.5. The maximum atomic E-state index is 13.1. The molecule has 190 valence electrons. The predicted octanol–water partition coefficient (Wildman–Crippen LogP) is 4.57. The van der Waals surface area contributed by atoms with Crippen LogP contribution >= 0.6 is 23.4 Å². The molecule has 2 rings (SSSR count). The van der Waals surface area contributed by atoms with Gasteiger partial charge in [-0.25, -0.2) is 10.4 Å². The number of ether oxygens (including phenoxy) is 1. The molecular weight excluding hydrogens is 498 g/mol. The number of benzene rings is 2. The van der Waals surface area contributed by atoms with Crippen molar-refractivity contribution in [3.8, 4) is 5.75 Å². The van der Waals surface area contributed by atoms with Gasteiger partial charge in [0.25, 0.3) is 0 Å². The minimum absolute atomic E-state index is 0.0289. The molecule has 3 N–H and O–H groups in total. The lowest BCUT2D eigenvalue weighted by atomic mass is 10.2. The molecule has 0 unspecified atom stereocenters. The molecule has 0 atom stereocenters. The Balaban J connectivity index is 2.11. The number of aliphatic imine (C=N–C) groups is 1. The van der Waals surface area contributed by atoms with E-state index in [2.05, 4.69) is 20.5 Å². The predicted molar refractivity (Wildman–Crippen MR) is 136 cm³/mol. The molecule has 0 saturated heterocycles. The van der Waals surface area contributed by atoms with E-state index in [0.717, 1.165) is 11.1 Å². The first-order valence-electron chi connectivity index (χ1n) is 10.8. The molecule has 2 aromatic carbocycles. The van der Waals surface area contributed by atoms with E-state index in [0.29, 0.717) is 49.3 Å². The van der Waals surface area contributed by atoms with E-state index < -0.39 is 6.11 Å². The molecule has 2 aromatic rings. The molecule has 35 heavy (non-hydrogen) atoms. The summed E-state index contributed by atoms with van der Waals surface area (Å²) in [6, 6.07) is 13.7. The lowest BCUT2D eigenvalue weighted by Crippen LogP contribution is -2.36. The Labute approximate surface area is 213 Å². The van der Waals surface area contributed by atoms with Gasteiger partial charge in [-0.1, -0.05) is 35.9 Å². The second kappa shape index (κ2) is 14.7. The summed E-state index contributed by atoms with van der Waals surface area (Å²) in [6.45, 7) is 1.58. The van der Waals surface area contributed by atoms with Crippen LogP contribution in [0.15, 0.2) is 65.0 Å². The zero-order chi connectivity index (χ0) is 25.7. The third-order valence-electron chi connectivity index (χ3n) is 4.45. The van der Waals surface area contributed by atoms with Gasteiger partial charge in [-0.15, -0.1) is 11.8 Å². The van der Waals surface area contributed by atoms with Gasteiger partial charge in [0.15, 0.2) is 12.1 Å². The van der Waals surface area contributed by atoms with Gasteiger partial charge >= 0.3 is 6.11 Å². The average molecular weight is 527 g/mol. The molecule has 0 aliphatic rings. The minimum atomic E-state index is -3.26. The number of nitrogens with one attached hydrogen (secondary N) is 2. The Morgan fingerprint density at radius 2 is 2.00 bits per heavy atom. The van der Waals surface area contributed by atoms with Crippen LogP contribution in [-0.2, 0) is 17.1 Å². The molecule has 11 heteroatoms. The quantitative estimate of drug-likeness (QED) is 0.0782. The molecule has 0 bridgehead atoms. The van der Waals surface area contributed by atoms with Crippen LogP contribution in [0.5, 0.6) is 5.75 Å². The Bertz CT molecular complexity index is 1000. The van der Waals surface area contributed by atoms with Gasteiger partial charge in [0.2, 0.25) is 0 Å². The Morgan fingerprint density at radius 3 is 2.66 bits per heavy atom. The van der Waals surface area contributed by atoms with E-state index in [1.807, 2.05) is 12.1 Å². The van der Waals surface area contributed by atoms with Crippen LogP contribution in [0.2, 0.25) is 5.02 Å². The van der Waals surface area contributed by atoms with Crippen LogP contribution in [0.1, 0.15) is 24.5 Å². The van der Waals surface area contributed by atoms with Gasteiger partial charge in [0.05, 0.1) is 5.55 Å². The van der Waals surface area contributed by atoms with Crippen molar-refractivity contribution in [3.05, 3.63) is 76.2 Å². The maximum Gasteiger partial charge on any atom is 0.394 e. The highest BCUT2D eigenvalue weighted by Crippen LogP contribution is 2.23. The number of hydrogen-bond acceptors (Lipinski definition) is 8. The summed E-state index contributed by atoms with van der Waals surface area (Å²) in [5, 5.41) is 14.3. The number of allylic oxidation sites excluding steroid dienone is 1. The van der Waals surface area contributed by atoms with Crippen molar-refractivity contribution in [2.24, 2.45) is 4.99 Å². The fourth-order valence-corrected chi connectivity index (χ4v) is 3.58. The summed E-state index contributed by atoms with van der Waals surface area (Å²) in [7, 11) is 1.72. The summed E-state index contributed by atoms with van der Waals surface area (Å²) in [4.78, 5) is 16.3. The van der Waals surface area contributed by atoms with E-state index in [1.165, 1.54) is 17.8 Å². The van der Waals surface area contributed by atoms with Crippen molar-refractivity contribution in [2.45, 2.75) is 31.8 Å². The van der Waals surface area contributed by atoms with Crippen molar-refractivity contribution in [1.29, 1.82) is 0 Å². The topological polar surface area (TPSA) is 86.2 Å². The van der Waals surface area contributed by atoms with Crippen molar-refractivity contribution in [1.82, 2.24) is 15.8 Å². The summed E-state index contributed by atoms with van der Waals surface area (Å²) < 4.78 is 30.8. The fraction of sp³-hybridized carbons (Fsp3) is 0.333. The van der Waals surface area contributed by atoms with E-state index in [1.54, 1.807) is 47.9 Å². The molecule has 0 fully saturated rings. The molecule has 0 aliphatic carbocycles. The summed E-state index contributed by atoms with van der Waals surface area (Å²) in [5.41, 5.74) is 6.63. The fourth-order valence-electron chi connectivity index (χ4n) is 2.84. The van der Waals surface area contributed by atoms with Crippen molar-refractivity contribution in [2.75, 3.05) is 20.2 Å². The number of aldehydes is 1. The highest BCUT2D eigenvalue weighted by Gasteiger charge is 2.23. The number of carbonyl (C=O) groups is 1. The normalized spacial score (nSPS) is 12.4. The van der Waals surface area contributed by atoms with Gasteiger partial charge in [0, 0.05) is 44.4 Å². The molecule has 0 aromatic heterocycles. The van der Waals surface area contributed by atoms with Crippen LogP contribution in [0.25, 0.3) is 0 Å². The summed E-state index contributed by atoms with van der Waals surface area (Å²) in [5.74, 6) is 0.886. The smallest absolute Gasteiger partial charge is 0.394 e. The number of carbonyl (C=O) groups excluding carboxylic acids is 1. The third kappa shape index (κ3) is 11.1. The van der Waals surface area contributed by atoms with E-state index in [9.17, 15) is 13.6 Å². The summed E-state index contributed by atoms with van der Waals surface area (Å²) in [6.07, 6.45) is -2.05. The van der Waals surface area contributed by atoms with Crippen LogP contribution in [0, 0.1) is 0 Å². The Kier molecular flexibility index (Phi) is 12.0. The first kappa shape index (κ1) is 28.6. The van der Waals surface area contributed by atoms with Gasteiger partial charge in [-0.05, 0) is 41.8 Å². The van der Waals surface area contributed by atoms with E-state index >= 15 is 0 Å². The highest BCUT2D eigenvalue weighted by atomic mass is 35.5. The number of hydrogen-bond donors (Lipinski definition) is 3. The number of nitrogens with zero attached hydrogens (tertiary/aromatic N) is 2. The largest absolute Gasteiger partial charge is 0.433 e.